The molecule has 11 heteroatoms. The Labute approximate surface area is 219 Å². The molecule has 2 amide bonds. The van der Waals surface area contributed by atoms with E-state index in [4.69, 9.17) is 10.5 Å². The molecule has 198 valence electrons. The highest BCUT2D eigenvalue weighted by Crippen LogP contribution is 2.35. The second kappa shape index (κ2) is 12.5. The lowest BCUT2D eigenvalue weighted by molar-refractivity contribution is -0.132. The summed E-state index contributed by atoms with van der Waals surface area (Å²) < 4.78 is 32.0. The van der Waals surface area contributed by atoms with Crippen LogP contribution in [0.2, 0.25) is 0 Å². The lowest BCUT2D eigenvalue weighted by Crippen LogP contribution is -2.57. The third-order valence-corrected chi connectivity index (χ3v) is 6.96. The maximum atomic E-state index is 12.9. The number of rotatable bonds is 11. The average Bonchev–Trinajstić information content (AvgIpc) is 3.17. The van der Waals surface area contributed by atoms with Crippen LogP contribution in [0.5, 0.6) is 0 Å². The van der Waals surface area contributed by atoms with Crippen molar-refractivity contribution in [3.8, 4) is 0 Å². The summed E-state index contributed by atoms with van der Waals surface area (Å²) in [4.78, 5) is 25.4. The van der Waals surface area contributed by atoms with Crippen LogP contribution in [0, 0.1) is 0 Å². The van der Waals surface area contributed by atoms with E-state index in [2.05, 4.69) is 10.6 Å². The zero-order valence-electron chi connectivity index (χ0n) is 20.8. The highest BCUT2D eigenvalue weighted by atomic mass is 35.5. The van der Waals surface area contributed by atoms with Gasteiger partial charge in [0, 0.05) is 6.54 Å². The molecule has 0 aromatic heterocycles. The molecule has 36 heavy (non-hydrogen) atoms. The summed E-state index contributed by atoms with van der Waals surface area (Å²) in [6.45, 7) is 3.60. The van der Waals surface area contributed by atoms with Crippen LogP contribution in [0.3, 0.4) is 0 Å². The fourth-order valence-corrected chi connectivity index (χ4v) is 5.24. The molecule has 0 fully saturated rings. The van der Waals surface area contributed by atoms with Gasteiger partial charge < -0.3 is 21.1 Å². The largest absolute Gasteiger partial charge is 0.374 e. The Hall–Kier alpha value is -2.66. The molecule has 0 saturated carbocycles. The number of carbonyl (C=O) groups excluding carboxylic acids is 2. The minimum Gasteiger partial charge on any atom is -0.374 e. The molecule has 1 heterocycles. The quantitative estimate of drug-likeness (QED) is 0.399. The van der Waals surface area contributed by atoms with Crippen LogP contribution in [0.25, 0.3) is 0 Å². The van der Waals surface area contributed by atoms with Crippen LogP contribution in [-0.4, -0.2) is 57.3 Å². The topological polar surface area (TPSA) is 131 Å². The standard InChI is InChI=1S/C25H34N4O5S.ClH/c1-25(2,26)24(31)28-21(17-34-16-18-9-5-4-6-10-18)23(30)27-14-13-20-15-19-11-7-8-12-22(19)29(20)35(3,32)33;/h4-12,20-21H,13-17,26H2,1-3H3,(H,27,30)(H,28,31);1H/t20-,21?;/m0./s1. The summed E-state index contributed by atoms with van der Waals surface area (Å²) in [5.41, 5.74) is 7.30. The Morgan fingerprint density at radius 1 is 1.14 bits per heavy atom. The molecule has 0 bridgehead atoms. The molecule has 1 aliphatic heterocycles. The Morgan fingerprint density at radius 3 is 2.42 bits per heavy atom. The molecular formula is C25H35ClN4O5S. The van der Waals surface area contributed by atoms with Gasteiger partial charge in [0.2, 0.25) is 21.8 Å². The molecule has 2 aromatic carbocycles. The van der Waals surface area contributed by atoms with Crippen molar-refractivity contribution < 1.29 is 22.7 Å². The van der Waals surface area contributed by atoms with Crippen LogP contribution in [0.4, 0.5) is 5.69 Å². The van der Waals surface area contributed by atoms with Crippen LogP contribution in [0.1, 0.15) is 31.4 Å². The zero-order chi connectivity index (χ0) is 25.6. The molecular weight excluding hydrogens is 504 g/mol. The molecule has 2 atom stereocenters. The van der Waals surface area contributed by atoms with Gasteiger partial charge in [0.05, 0.1) is 36.7 Å². The smallest absolute Gasteiger partial charge is 0.244 e. The number of ether oxygens (including phenoxy) is 1. The number of hydrogen-bond donors (Lipinski definition) is 3. The highest BCUT2D eigenvalue weighted by Gasteiger charge is 2.35. The SMILES string of the molecule is CC(C)(N)C(=O)NC(COCc1ccccc1)C(=O)NCC[C@H]1Cc2ccccc2N1S(C)(=O)=O.Cl. The zero-order valence-corrected chi connectivity index (χ0v) is 22.4. The van der Waals surface area contributed by atoms with Gasteiger partial charge >= 0.3 is 0 Å². The van der Waals surface area contributed by atoms with Crippen molar-refractivity contribution in [3.05, 3.63) is 65.7 Å². The van der Waals surface area contributed by atoms with Crippen molar-refractivity contribution in [2.45, 2.75) is 50.9 Å². The molecule has 0 saturated heterocycles. The fourth-order valence-electron chi connectivity index (χ4n) is 3.98. The molecule has 4 N–H and O–H groups in total. The van der Waals surface area contributed by atoms with Gasteiger partial charge in [0.1, 0.15) is 6.04 Å². The Balaban J connectivity index is 0.00000456. The van der Waals surface area contributed by atoms with Gasteiger partial charge in [-0.25, -0.2) is 8.42 Å². The van der Waals surface area contributed by atoms with Gasteiger partial charge in [-0.1, -0.05) is 48.5 Å². The molecule has 0 spiro atoms. The van der Waals surface area contributed by atoms with Crippen molar-refractivity contribution >= 4 is 39.9 Å². The van der Waals surface area contributed by atoms with Crippen LogP contribution < -0.4 is 20.7 Å². The Morgan fingerprint density at radius 2 is 1.78 bits per heavy atom. The van der Waals surface area contributed by atoms with E-state index < -0.39 is 33.4 Å². The van der Waals surface area contributed by atoms with Gasteiger partial charge in [-0.15, -0.1) is 12.4 Å². The number of nitrogens with zero attached hydrogens (tertiary/aromatic N) is 1. The first-order valence-corrected chi connectivity index (χ1v) is 13.4. The van der Waals surface area contributed by atoms with E-state index in [1.54, 1.807) is 19.9 Å². The lowest BCUT2D eigenvalue weighted by Gasteiger charge is -2.26. The highest BCUT2D eigenvalue weighted by molar-refractivity contribution is 7.92. The fraction of sp³-hybridized carbons (Fsp3) is 0.440. The normalized spacial score (nSPS) is 16.0. The minimum absolute atomic E-state index is 0. The van der Waals surface area contributed by atoms with E-state index in [0.29, 0.717) is 18.5 Å². The van der Waals surface area contributed by atoms with E-state index in [1.165, 1.54) is 10.6 Å². The number of nitrogens with one attached hydrogen (secondary N) is 2. The lowest BCUT2D eigenvalue weighted by atomic mass is 10.1. The number of nitrogens with two attached hydrogens (primary N) is 1. The molecule has 0 radical (unpaired) electrons. The number of anilines is 1. The predicted octanol–water partition coefficient (Wildman–Crippen LogP) is 1.74. The molecule has 1 aliphatic rings. The van der Waals surface area contributed by atoms with E-state index in [0.717, 1.165) is 11.1 Å². The number of benzene rings is 2. The van der Waals surface area contributed by atoms with Crippen LogP contribution in [-0.2, 0) is 37.4 Å². The number of para-hydroxylation sites is 1. The Bertz CT molecular complexity index is 1140. The number of sulfonamides is 1. The molecule has 2 aromatic rings. The number of amides is 2. The number of halogens is 1. The van der Waals surface area contributed by atoms with Crippen molar-refractivity contribution in [2.24, 2.45) is 5.73 Å². The minimum atomic E-state index is -3.47. The monoisotopic (exact) mass is 538 g/mol. The van der Waals surface area contributed by atoms with E-state index >= 15 is 0 Å². The summed E-state index contributed by atoms with van der Waals surface area (Å²) in [7, 11) is -3.47. The summed E-state index contributed by atoms with van der Waals surface area (Å²) in [6, 6.07) is 15.6. The summed E-state index contributed by atoms with van der Waals surface area (Å²) in [6.07, 6.45) is 2.17. The maximum absolute atomic E-state index is 12.9. The average molecular weight is 539 g/mol. The maximum Gasteiger partial charge on any atom is 0.244 e. The van der Waals surface area contributed by atoms with Crippen LogP contribution in [0.15, 0.2) is 54.6 Å². The number of hydrogen-bond acceptors (Lipinski definition) is 6. The second-order valence-electron chi connectivity index (χ2n) is 9.37. The van der Waals surface area contributed by atoms with Crippen LogP contribution >= 0.6 is 12.4 Å². The van der Waals surface area contributed by atoms with E-state index in [9.17, 15) is 18.0 Å². The number of fused-ring (bicyclic) bond motifs is 1. The first-order chi connectivity index (χ1) is 16.5. The van der Waals surface area contributed by atoms with Crippen molar-refractivity contribution in [1.29, 1.82) is 0 Å². The summed E-state index contributed by atoms with van der Waals surface area (Å²) in [5, 5.41) is 5.48. The molecule has 9 nitrogen and oxygen atoms in total. The first kappa shape index (κ1) is 29.6. The van der Waals surface area contributed by atoms with Gasteiger partial charge in [-0.2, -0.15) is 0 Å². The Kier molecular flexibility index (Phi) is 10.3. The van der Waals surface area contributed by atoms with E-state index in [1.807, 2.05) is 48.5 Å². The third-order valence-electron chi connectivity index (χ3n) is 5.75. The van der Waals surface area contributed by atoms with Crippen molar-refractivity contribution in [2.75, 3.05) is 23.7 Å². The second-order valence-corrected chi connectivity index (χ2v) is 11.2. The van der Waals surface area contributed by atoms with Gasteiger partial charge in [0.25, 0.3) is 0 Å². The van der Waals surface area contributed by atoms with Gasteiger partial charge in [-0.05, 0) is 43.9 Å². The van der Waals surface area contributed by atoms with Gasteiger partial charge in [-0.3, -0.25) is 13.9 Å². The third kappa shape index (κ3) is 7.92. The first-order valence-electron chi connectivity index (χ1n) is 11.5. The summed E-state index contributed by atoms with van der Waals surface area (Å²) in [5.74, 6) is -0.896. The molecule has 3 rings (SSSR count). The van der Waals surface area contributed by atoms with Crippen molar-refractivity contribution in [3.63, 3.8) is 0 Å². The van der Waals surface area contributed by atoms with E-state index in [-0.39, 0.29) is 38.2 Å². The molecule has 1 unspecified atom stereocenters. The number of carbonyl (C=O) groups is 2. The molecule has 0 aliphatic carbocycles. The predicted molar refractivity (Wildman–Crippen MR) is 142 cm³/mol. The van der Waals surface area contributed by atoms with Gasteiger partial charge in [0.15, 0.2) is 0 Å². The summed E-state index contributed by atoms with van der Waals surface area (Å²) >= 11 is 0. The van der Waals surface area contributed by atoms with Crippen molar-refractivity contribution in [1.82, 2.24) is 10.6 Å².